The molecule has 1 aliphatic rings. The van der Waals surface area contributed by atoms with Crippen molar-refractivity contribution in [1.29, 1.82) is 0 Å². The molecule has 1 fully saturated rings. The minimum Gasteiger partial charge on any atom is -0.363 e. The Morgan fingerprint density at radius 1 is 0.895 bits per heavy atom. The summed E-state index contributed by atoms with van der Waals surface area (Å²) in [7, 11) is 0. The number of morpholine rings is 1. The number of nitrogens with one attached hydrogen (secondary N) is 1. The van der Waals surface area contributed by atoms with Gasteiger partial charge in [0.15, 0.2) is 0 Å². The van der Waals surface area contributed by atoms with Crippen molar-refractivity contribution in [2.24, 2.45) is 0 Å². The van der Waals surface area contributed by atoms with Crippen molar-refractivity contribution in [1.82, 2.24) is 5.32 Å². The van der Waals surface area contributed by atoms with Gasteiger partial charge in [0.2, 0.25) is 0 Å². The Morgan fingerprint density at radius 2 is 1.58 bits per heavy atom. The van der Waals surface area contributed by atoms with Crippen molar-refractivity contribution in [3.05, 3.63) is 70.7 Å². The molecular formula is C16H16ClNO. The fourth-order valence-corrected chi connectivity index (χ4v) is 2.61. The molecule has 0 bridgehead atoms. The van der Waals surface area contributed by atoms with Gasteiger partial charge >= 0.3 is 0 Å². The van der Waals surface area contributed by atoms with Crippen LogP contribution in [-0.4, -0.2) is 13.1 Å². The van der Waals surface area contributed by atoms with Crippen LogP contribution in [0.4, 0.5) is 0 Å². The molecule has 19 heavy (non-hydrogen) atoms. The zero-order chi connectivity index (χ0) is 13.1. The Kier molecular flexibility index (Phi) is 3.83. The molecule has 2 atom stereocenters. The van der Waals surface area contributed by atoms with Crippen LogP contribution in [0.1, 0.15) is 23.3 Å². The number of ether oxygens (including phenoxy) is 1. The molecule has 98 valence electrons. The molecule has 1 aliphatic heterocycles. The van der Waals surface area contributed by atoms with E-state index in [4.69, 9.17) is 16.3 Å². The van der Waals surface area contributed by atoms with Gasteiger partial charge in [-0.2, -0.15) is 0 Å². The lowest BCUT2D eigenvalue weighted by molar-refractivity contribution is -0.0406. The van der Waals surface area contributed by atoms with Crippen LogP contribution in [0.2, 0.25) is 5.02 Å². The SMILES string of the molecule is Clc1cccc(C2CNCC(c3ccccc3)O2)c1. The first kappa shape index (κ1) is 12.7. The summed E-state index contributed by atoms with van der Waals surface area (Å²) in [5.74, 6) is 0. The third-order valence-corrected chi connectivity index (χ3v) is 3.61. The maximum atomic E-state index is 6.19. The van der Waals surface area contributed by atoms with Crippen LogP contribution in [-0.2, 0) is 4.74 Å². The number of rotatable bonds is 2. The van der Waals surface area contributed by atoms with E-state index in [1.807, 2.05) is 36.4 Å². The second-order valence-corrected chi connectivity index (χ2v) is 5.17. The second-order valence-electron chi connectivity index (χ2n) is 4.74. The lowest BCUT2D eigenvalue weighted by atomic mass is 10.0. The van der Waals surface area contributed by atoms with Crippen LogP contribution < -0.4 is 5.32 Å². The first-order valence-corrected chi connectivity index (χ1v) is 6.87. The molecule has 1 saturated heterocycles. The highest BCUT2D eigenvalue weighted by molar-refractivity contribution is 6.30. The van der Waals surface area contributed by atoms with Gasteiger partial charge in [0, 0.05) is 18.1 Å². The third kappa shape index (κ3) is 2.98. The predicted molar refractivity (Wildman–Crippen MR) is 77.3 cm³/mol. The quantitative estimate of drug-likeness (QED) is 0.900. The summed E-state index contributed by atoms with van der Waals surface area (Å²) in [6.07, 6.45) is 0.150. The molecule has 1 N–H and O–H groups in total. The number of benzene rings is 2. The van der Waals surface area contributed by atoms with Gasteiger partial charge in [-0.1, -0.05) is 54.1 Å². The van der Waals surface area contributed by atoms with Crippen molar-refractivity contribution in [2.45, 2.75) is 12.2 Å². The summed E-state index contributed by atoms with van der Waals surface area (Å²) in [6.45, 7) is 1.67. The number of hydrogen-bond donors (Lipinski definition) is 1. The minimum absolute atomic E-state index is 0.0534. The predicted octanol–water partition coefficient (Wildman–Crippen LogP) is 3.74. The largest absolute Gasteiger partial charge is 0.363 e. The van der Waals surface area contributed by atoms with E-state index in [0.717, 1.165) is 23.7 Å². The molecule has 0 aromatic heterocycles. The van der Waals surface area contributed by atoms with Crippen LogP contribution in [0.25, 0.3) is 0 Å². The first-order valence-electron chi connectivity index (χ1n) is 6.49. The van der Waals surface area contributed by atoms with Crippen molar-refractivity contribution >= 4 is 11.6 Å². The first-order chi connectivity index (χ1) is 9.33. The van der Waals surface area contributed by atoms with E-state index in [1.165, 1.54) is 5.56 Å². The maximum absolute atomic E-state index is 6.19. The summed E-state index contributed by atoms with van der Waals surface area (Å²) in [5, 5.41) is 4.19. The highest BCUT2D eigenvalue weighted by atomic mass is 35.5. The molecule has 0 amide bonds. The van der Waals surface area contributed by atoms with E-state index < -0.39 is 0 Å². The van der Waals surface area contributed by atoms with Gasteiger partial charge in [-0.15, -0.1) is 0 Å². The lowest BCUT2D eigenvalue weighted by Crippen LogP contribution is -2.35. The Bertz CT molecular complexity index is 543. The molecule has 3 rings (SSSR count). The molecule has 3 heteroatoms. The van der Waals surface area contributed by atoms with Crippen molar-refractivity contribution in [3.8, 4) is 0 Å². The van der Waals surface area contributed by atoms with Crippen molar-refractivity contribution < 1.29 is 4.74 Å². The number of halogens is 1. The van der Waals surface area contributed by atoms with E-state index in [9.17, 15) is 0 Å². The summed E-state index contributed by atoms with van der Waals surface area (Å²) in [6, 6.07) is 18.2. The molecule has 0 aliphatic carbocycles. The Hall–Kier alpha value is -1.35. The van der Waals surface area contributed by atoms with Gasteiger partial charge < -0.3 is 10.1 Å². The second kappa shape index (κ2) is 5.74. The number of hydrogen-bond acceptors (Lipinski definition) is 2. The Morgan fingerprint density at radius 3 is 2.32 bits per heavy atom. The highest BCUT2D eigenvalue weighted by Crippen LogP contribution is 2.30. The van der Waals surface area contributed by atoms with E-state index in [1.54, 1.807) is 0 Å². The van der Waals surface area contributed by atoms with E-state index >= 15 is 0 Å². The van der Waals surface area contributed by atoms with E-state index in [0.29, 0.717) is 0 Å². The maximum Gasteiger partial charge on any atom is 0.0958 e. The van der Waals surface area contributed by atoms with Gasteiger partial charge in [0.05, 0.1) is 12.2 Å². The molecule has 2 aromatic rings. The summed E-state index contributed by atoms with van der Waals surface area (Å²) in [4.78, 5) is 0. The zero-order valence-corrected chi connectivity index (χ0v) is 11.3. The molecule has 2 unspecified atom stereocenters. The van der Waals surface area contributed by atoms with E-state index in [2.05, 4.69) is 23.5 Å². The van der Waals surface area contributed by atoms with Crippen LogP contribution >= 0.6 is 11.6 Å². The van der Waals surface area contributed by atoms with Crippen LogP contribution in [0.5, 0.6) is 0 Å². The van der Waals surface area contributed by atoms with E-state index in [-0.39, 0.29) is 12.2 Å². The average Bonchev–Trinajstić information content (AvgIpc) is 2.48. The monoisotopic (exact) mass is 273 g/mol. The minimum atomic E-state index is 0.0534. The highest BCUT2D eigenvalue weighted by Gasteiger charge is 2.24. The molecule has 0 saturated carbocycles. The van der Waals surface area contributed by atoms with Gasteiger partial charge in [-0.3, -0.25) is 0 Å². The van der Waals surface area contributed by atoms with Gasteiger partial charge in [0.25, 0.3) is 0 Å². The third-order valence-electron chi connectivity index (χ3n) is 3.38. The molecular weight excluding hydrogens is 258 g/mol. The Balaban J connectivity index is 1.78. The summed E-state index contributed by atoms with van der Waals surface area (Å²) >= 11 is 6.04. The van der Waals surface area contributed by atoms with Crippen LogP contribution in [0, 0.1) is 0 Å². The molecule has 2 nitrogen and oxygen atoms in total. The van der Waals surface area contributed by atoms with Crippen LogP contribution in [0.3, 0.4) is 0 Å². The standard InChI is InChI=1S/C16H16ClNO/c17-14-8-4-7-13(9-14)16-11-18-10-15(19-16)12-5-2-1-3-6-12/h1-9,15-16,18H,10-11H2. The van der Waals surface area contributed by atoms with Gasteiger partial charge in [-0.25, -0.2) is 0 Å². The molecule has 1 heterocycles. The Labute approximate surface area is 118 Å². The van der Waals surface area contributed by atoms with Crippen LogP contribution in [0.15, 0.2) is 54.6 Å². The zero-order valence-electron chi connectivity index (χ0n) is 10.6. The average molecular weight is 274 g/mol. The summed E-state index contributed by atoms with van der Waals surface area (Å²) < 4.78 is 6.19. The summed E-state index contributed by atoms with van der Waals surface area (Å²) in [5.41, 5.74) is 2.34. The van der Waals surface area contributed by atoms with Gasteiger partial charge in [-0.05, 0) is 23.3 Å². The smallest absolute Gasteiger partial charge is 0.0958 e. The fraction of sp³-hybridized carbons (Fsp3) is 0.250. The topological polar surface area (TPSA) is 21.3 Å². The van der Waals surface area contributed by atoms with Crippen molar-refractivity contribution in [3.63, 3.8) is 0 Å². The lowest BCUT2D eigenvalue weighted by Gasteiger charge is -2.31. The molecule has 2 aromatic carbocycles. The van der Waals surface area contributed by atoms with Gasteiger partial charge in [0.1, 0.15) is 0 Å². The molecule has 0 spiro atoms. The normalized spacial score (nSPS) is 23.2. The van der Waals surface area contributed by atoms with Crippen molar-refractivity contribution in [2.75, 3.05) is 13.1 Å². The molecule has 0 radical (unpaired) electrons. The fourth-order valence-electron chi connectivity index (χ4n) is 2.41.